The zero-order valence-electron chi connectivity index (χ0n) is 14.4. The van der Waals surface area contributed by atoms with E-state index in [2.05, 4.69) is 41.9 Å². The van der Waals surface area contributed by atoms with E-state index in [1.54, 1.807) is 0 Å². The first-order chi connectivity index (χ1) is 12.3. The molecule has 0 bridgehead atoms. The number of anilines is 1. The van der Waals surface area contributed by atoms with Crippen LogP contribution in [0.1, 0.15) is 11.3 Å². The van der Waals surface area contributed by atoms with Gasteiger partial charge in [-0.2, -0.15) is 0 Å². The summed E-state index contributed by atoms with van der Waals surface area (Å²) in [5, 5.41) is 0. The summed E-state index contributed by atoms with van der Waals surface area (Å²) >= 11 is 0. The summed E-state index contributed by atoms with van der Waals surface area (Å²) in [7, 11) is 0. The normalized spacial score (nSPS) is 15.5. The fraction of sp³-hybridized carbons (Fsp3) is 0.316. The Balaban J connectivity index is 1.34. The molecule has 6 nitrogen and oxygen atoms in total. The highest BCUT2D eigenvalue weighted by atomic mass is 15.3. The third kappa shape index (κ3) is 3.69. The first kappa shape index (κ1) is 15.8. The van der Waals surface area contributed by atoms with Crippen molar-refractivity contribution >= 4 is 5.95 Å². The van der Waals surface area contributed by atoms with Crippen LogP contribution in [0.4, 0.5) is 5.95 Å². The molecule has 0 atom stereocenters. The fourth-order valence-electron chi connectivity index (χ4n) is 3.08. The minimum atomic E-state index is 0.832. The molecule has 1 saturated heterocycles. The van der Waals surface area contributed by atoms with Crippen LogP contribution in [-0.4, -0.2) is 51.0 Å². The zero-order valence-corrected chi connectivity index (χ0v) is 14.4. The maximum atomic E-state index is 4.51. The second kappa shape index (κ2) is 7.03. The molecule has 0 unspecified atom stereocenters. The minimum absolute atomic E-state index is 0.832. The lowest BCUT2D eigenvalue weighted by Crippen LogP contribution is -2.46. The number of H-pyrrole nitrogens is 1. The molecule has 1 aromatic carbocycles. The number of rotatable bonds is 4. The van der Waals surface area contributed by atoms with Gasteiger partial charge in [0.2, 0.25) is 5.95 Å². The van der Waals surface area contributed by atoms with E-state index in [0.717, 1.165) is 61.3 Å². The molecular formula is C19H22N6. The van der Waals surface area contributed by atoms with Crippen LogP contribution >= 0.6 is 0 Å². The van der Waals surface area contributed by atoms with Crippen molar-refractivity contribution < 1.29 is 0 Å². The fourth-order valence-corrected chi connectivity index (χ4v) is 3.08. The predicted molar refractivity (Wildman–Crippen MR) is 98.3 cm³/mol. The molecule has 0 spiro atoms. The van der Waals surface area contributed by atoms with Crippen LogP contribution in [0.15, 0.2) is 48.9 Å². The van der Waals surface area contributed by atoms with Gasteiger partial charge in [0.1, 0.15) is 5.82 Å². The standard InChI is InChI=1S/C19H22N6/c1-15-11-21-19(22-12-15)25-9-7-24(8-10-25)14-17-13-20-18(23-17)16-5-3-2-4-6-16/h2-6,11-13H,7-10,14H2,1H3,(H,20,23). The monoisotopic (exact) mass is 334 g/mol. The van der Waals surface area contributed by atoms with Crippen LogP contribution < -0.4 is 4.90 Å². The number of aromatic amines is 1. The smallest absolute Gasteiger partial charge is 0.225 e. The summed E-state index contributed by atoms with van der Waals surface area (Å²) in [5.74, 6) is 1.76. The predicted octanol–water partition coefficient (Wildman–Crippen LogP) is 2.50. The molecule has 0 amide bonds. The summed E-state index contributed by atoms with van der Waals surface area (Å²) in [6.07, 6.45) is 5.70. The van der Waals surface area contributed by atoms with Gasteiger partial charge in [0.15, 0.2) is 0 Å². The van der Waals surface area contributed by atoms with Crippen LogP contribution in [0.5, 0.6) is 0 Å². The van der Waals surface area contributed by atoms with E-state index in [-0.39, 0.29) is 0 Å². The molecule has 3 aromatic rings. The lowest BCUT2D eigenvalue weighted by molar-refractivity contribution is 0.246. The Kier molecular flexibility index (Phi) is 4.43. The van der Waals surface area contributed by atoms with Crippen molar-refractivity contribution in [1.29, 1.82) is 0 Å². The lowest BCUT2D eigenvalue weighted by atomic mass is 10.2. The molecule has 0 aliphatic carbocycles. The number of benzene rings is 1. The molecule has 1 aliphatic heterocycles. The van der Waals surface area contributed by atoms with Crippen molar-refractivity contribution in [2.45, 2.75) is 13.5 Å². The SMILES string of the molecule is Cc1cnc(N2CCN(Cc3cnc(-c4ccccc4)[nH]3)CC2)nc1. The zero-order chi connectivity index (χ0) is 17.1. The van der Waals surface area contributed by atoms with Crippen LogP contribution in [0.25, 0.3) is 11.4 Å². The highest BCUT2D eigenvalue weighted by Crippen LogP contribution is 2.17. The molecule has 0 radical (unpaired) electrons. The Morgan fingerprint density at radius 1 is 0.920 bits per heavy atom. The Hall–Kier alpha value is -2.73. The number of aromatic nitrogens is 4. The van der Waals surface area contributed by atoms with E-state index in [9.17, 15) is 0 Å². The number of piperazine rings is 1. The number of hydrogen-bond acceptors (Lipinski definition) is 5. The van der Waals surface area contributed by atoms with Crippen LogP contribution in [0.3, 0.4) is 0 Å². The van der Waals surface area contributed by atoms with Gasteiger partial charge in [0, 0.05) is 62.6 Å². The van der Waals surface area contributed by atoms with Crippen LogP contribution in [0, 0.1) is 6.92 Å². The molecular weight excluding hydrogens is 312 g/mol. The van der Waals surface area contributed by atoms with E-state index in [0.29, 0.717) is 0 Å². The maximum Gasteiger partial charge on any atom is 0.225 e. The van der Waals surface area contributed by atoms with Gasteiger partial charge >= 0.3 is 0 Å². The van der Waals surface area contributed by atoms with Gasteiger partial charge < -0.3 is 9.88 Å². The van der Waals surface area contributed by atoms with Crippen molar-refractivity contribution in [3.05, 3.63) is 60.2 Å². The highest BCUT2D eigenvalue weighted by Gasteiger charge is 2.19. The average Bonchev–Trinajstić information content (AvgIpc) is 3.12. The molecule has 3 heterocycles. The molecule has 6 heteroatoms. The Labute approximate surface area is 147 Å². The molecule has 128 valence electrons. The molecule has 0 saturated carbocycles. The van der Waals surface area contributed by atoms with Gasteiger partial charge in [-0.15, -0.1) is 0 Å². The van der Waals surface area contributed by atoms with Gasteiger partial charge in [0.05, 0.1) is 0 Å². The van der Waals surface area contributed by atoms with Crippen molar-refractivity contribution in [3.8, 4) is 11.4 Å². The molecule has 25 heavy (non-hydrogen) atoms. The van der Waals surface area contributed by atoms with Crippen molar-refractivity contribution in [3.63, 3.8) is 0 Å². The second-order valence-corrected chi connectivity index (χ2v) is 6.45. The summed E-state index contributed by atoms with van der Waals surface area (Å²) in [6, 6.07) is 10.2. The van der Waals surface area contributed by atoms with Crippen molar-refractivity contribution in [2.24, 2.45) is 0 Å². The second-order valence-electron chi connectivity index (χ2n) is 6.45. The van der Waals surface area contributed by atoms with Crippen molar-refractivity contribution in [1.82, 2.24) is 24.8 Å². The van der Waals surface area contributed by atoms with E-state index >= 15 is 0 Å². The maximum absolute atomic E-state index is 4.51. The third-order valence-electron chi connectivity index (χ3n) is 4.49. The van der Waals surface area contributed by atoms with Gasteiger partial charge in [-0.25, -0.2) is 15.0 Å². The number of nitrogens with one attached hydrogen (secondary N) is 1. The Morgan fingerprint density at radius 2 is 1.64 bits per heavy atom. The number of imidazole rings is 1. The topological polar surface area (TPSA) is 60.9 Å². The minimum Gasteiger partial charge on any atom is -0.341 e. The molecule has 1 aliphatic rings. The molecule has 4 rings (SSSR count). The van der Waals surface area contributed by atoms with E-state index in [1.807, 2.05) is 43.7 Å². The van der Waals surface area contributed by atoms with E-state index in [1.165, 1.54) is 0 Å². The average molecular weight is 334 g/mol. The molecule has 2 aromatic heterocycles. The summed E-state index contributed by atoms with van der Waals surface area (Å²) in [4.78, 5) is 21.5. The van der Waals surface area contributed by atoms with Gasteiger partial charge in [-0.1, -0.05) is 30.3 Å². The summed E-state index contributed by atoms with van der Waals surface area (Å²) in [6.45, 7) is 6.79. The third-order valence-corrected chi connectivity index (χ3v) is 4.49. The first-order valence-corrected chi connectivity index (χ1v) is 8.63. The van der Waals surface area contributed by atoms with E-state index in [4.69, 9.17) is 0 Å². The van der Waals surface area contributed by atoms with Gasteiger partial charge in [0.25, 0.3) is 0 Å². The first-order valence-electron chi connectivity index (χ1n) is 8.63. The number of aryl methyl sites for hydroxylation is 1. The quantitative estimate of drug-likeness (QED) is 0.794. The van der Waals surface area contributed by atoms with Gasteiger partial charge in [-0.3, -0.25) is 4.90 Å². The highest BCUT2D eigenvalue weighted by molar-refractivity contribution is 5.54. The summed E-state index contributed by atoms with van der Waals surface area (Å²) in [5.41, 5.74) is 3.37. The Morgan fingerprint density at radius 3 is 2.36 bits per heavy atom. The number of hydrogen-bond donors (Lipinski definition) is 1. The largest absolute Gasteiger partial charge is 0.341 e. The van der Waals surface area contributed by atoms with Gasteiger partial charge in [-0.05, 0) is 12.5 Å². The summed E-state index contributed by atoms with van der Waals surface area (Å²) < 4.78 is 0. The lowest BCUT2D eigenvalue weighted by Gasteiger charge is -2.34. The van der Waals surface area contributed by atoms with E-state index < -0.39 is 0 Å². The molecule has 1 N–H and O–H groups in total. The van der Waals surface area contributed by atoms with Crippen LogP contribution in [-0.2, 0) is 6.54 Å². The molecule has 1 fully saturated rings. The number of nitrogens with zero attached hydrogens (tertiary/aromatic N) is 5. The Bertz CT molecular complexity index is 803. The van der Waals surface area contributed by atoms with Crippen LogP contribution in [0.2, 0.25) is 0 Å². The van der Waals surface area contributed by atoms with Crippen molar-refractivity contribution in [2.75, 3.05) is 31.1 Å².